The van der Waals surface area contributed by atoms with E-state index < -0.39 is 5.51 Å². The van der Waals surface area contributed by atoms with E-state index in [2.05, 4.69) is 25.7 Å². The lowest BCUT2D eigenvalue weighted by atomic mass is 10.0. The molecule has 0 spiro atoms. The maximum absolute atomic E-state index is 12.3. The molecule has 0 saturated carbocycles. The van der Waals surface area contributed by atoms with Gasteiger partial charge in [-0.2, -0.15) is 13.2 Å². The summed E-state index contributed by atoms with van der Waals surface area (Å²) < 4.78 is 36.9. The zero-order valence-corrected chi connectivity index (χ0v) is 12.8. The van der Waals surface area contributed by atoms with Crippen molar-refractivity contribution in [2.45, 2.75) is 43.3 Å². The quantitative estimate of drug-likeness (QED) is 0.805. The predicted octanol–water partition coefficient (Wildman–Crippen LogP) is 4.03. The maximum atomic E-state index is 12.3. The van der Waals surface area contributed by atoms with Gasteiger partial charge >= 0.3 is 5.51 Å². The number of rotatable bonds is 6. The van der Waals surface area contributed by atoms with Crippen LogP contribution in [0.2, 0.25) is 0 Å². The minimum Gasteiger partial charge on any atom is -0.329 e. The lowest BCUT2D eigenvalue weighted by molar-refractivity contribution is -0.0328. The molecule has 2 nitrogen and oxygen atoms in total. The van der Waals surface area contributed by atoms with Crippen molar-refractivity contribution in [3.63, 3.8) is 0 Å². The summed E-state index contributed by atoms with van der Waals surface area (Å²) in [6.07, 6.45) is 0. The Hall–Kier alpha value is -0.720. The first-order valence-corrected chi connectivity index (χ1v) is 7.41. The van der Waals surface area contributed by atoms with Crippen molar-refractivity contribution >= 4 is 11.8 Å². The molecule has 114 valence electrons. The molecule has 1 unspecified atom stereocenters. The number of benzene rings is 1. The normalized spacial score (nSPS) is 14.1. The molecule has 0 heterocycles. The maximum Gasteiger partial charge on any atom is 0.446 e. The zero-order valence-electron chi connectivity index (χ0n) is 11.9. The van der Waals surface area contributed by atoms with Crippen LogP contribution in [0.4, 0.5) is 13.2 Å². The third-order valence-electron chi connectivity index (χ3n) is 3.15. The molecule has 0 aliphatic carbocycles. The third kappa shape index (κ3) is 5.00. The standard InChI is InChI=1S/C14H21F3N2S/c1-4-19(10(2)3)13(9-18)11-5-7-12(8-6-11)20-14(15,16)17/h5-8,10,13H,4,9,18H2,1-3H3. The van der Waals surface area contributed by atoms with E-state index >= 15 is 0 Å². The summed E-state index contributed by atoms with van der Waals surface area (Å²) in [6.45, 7) is 7.51. The summed E-state index contributed by atoms with van der Waals surface area (Å²) in [5.41, 5.74) is 2.54. The highest BCUT2D eigenvalue weighted by Crippen LogP contribution is 2.37. The molecule has 0 bridgehead atoms. The van der Waals surface area contributed by atoms with Crippen LogP contribution >= 0.6 is 11.8 Å². The Kier molecular flexibility index (Phi) is 6.36. The van der Waals surface area contributed by atoms with Crippen LogP contribution in [0.1, 0.15) is 32.4 Å². The van der Waals surface area contributed by atoms with Crippen LogP contribution in [0.3, 0.4) is 0 Å². The molecule has 0 saturated heterocycles. The fourth-order valence-electron chi connectivity index (χ4n) is 2.30. The molecule has 0 aliphatic heterocycles. The van der Waals surface area contributed by atoms with E-state index in [4.69, 9.17) is 5.73 Å². The van der Waals surface area contributed by atoms with Crippen molar-refractivity contribution < 1.29 is 13.2 Å². The van der Waals surface area contributed by atoms with Gasteiger partial charge < -0.3 is 5.73 Å². The summed E-state index contributed by atoms with van der Waals surface area (Å²) in [5, 5.41) is 0. The predicted molar refractivity (Wildman–Crippen MR) is 77.7 cm³/mol. The zero-order chi connectivity index (χ0) is 15.3. The van der Waals surface area contributed by atoms with E-state index in [1.165, 1.54) is 12.1 Å². The third-order valence-corrected chi connectivity index (χ3v) is 3.89. The molecule has 0 aromatic heterocycles. The number of alkyl halides is 3. The van der Waals surface area contributed by atoms with Crippen molar-refractivity contribution in [1.82, 2.24) is 4.90 Å². The molecule has 2 N–H and O–H groups in total. The highest BCUT2D eigenvalue weighted by atomic mass is 32.2. The van der Waals surface area contributed by atoms with Gasteiger partial charge in [0.05, 0.1) is 0 Å². The molecule has 0 fully saturated rings. The van der Waals surface area contributed by atoms with E-state index in [0.29, 0.717) is 12.6 Å². The second-order valence-corrected chi connectivity index (χ2v) is 5.93. The molecule has 0 aliphatic rings. The summed E-state index contributed by atoms with van der Waals surface area (Å²) in [5.74, 6) is 0. The van der Waals surface area contributed by atoms with Crippen molar-refractivity contribution in [3.05, 3.63) is 29.8 Å². The smallest absolute Gasteiger partial charge is 0.329 e. The fraction of sp³-hybridized carbons (Fsp3) is 0.571. The van der Waals surface area contributed by atoms with E-state index in [9.17, 15) is 13.2 Å². The molecule has 0 amide bonds. The molecule has 1 atom stereocenters. The number of nitrogens with zero attached hydrogens (tertiary/aromatic N) is 1. The van der Waals surface area contributed by atoms with Gasteiger partial charge in [0.25, 0.3) is 0 Å². The number of halogens is 3. The number of likely N-dealkylation sites (N-methyl/N-ethyl adjacent to an activating group) is 1. The average Bonchev–Trinajstić information content (AvgIpc) is 2.34. The summed E-state index contributed by atoms with van der Waals surface area (Å²) in [7, 11) is 0. The van der Waals surface area contributed by atoms with Gasteiger partial charge in [0.2, 0.25) is 0 Å². The van der Waals surface area contributed by atoms with Crippen LogP contribution < -0.4 is 5.73 Å². The van der Waals surface area contributed by atoms with Gasteiger partial charge in [0.1, 0.15) is 0 Å². The number of hydrogen-bond acceptors (Lipinski definition) is 3. The molecule has 6 heteroatoms. The summed E-state index contributed by atoms with van der Waals surface area (Å²) in [4.78, 5) is 2.43. The van der Waals surface area contributed by atoms with Gasteiger partial charge in [-0.05, 0) is 49.9 Å². The molecular formula is C14H21F3N2S. The largest absolute Gasteiger partial charge is 0.446 e. The van der Waals surface area contributed by atoms with Crippen molar-refractivity contribution in [2.75, 3.05) is 13.1 Å². The van der Waals surface area contributed by atoms with Gasteiger partial charge in [0.15, 0.2) is 0 Å². The van der Waals surface area contributed by atoms with Crippen molar-refractivity contribution in [3.8, 4) is 0 Å². The first kappa shape index (κ1) is 17.3. The van der Waals surface area contributed by atoms with Crippen molar-refractivity contribution in [2.24, 2.45) is 5.73 Å². The Labute approximate surface area is 122 Å². The second kappa shape index (κ2) is 7.33. The van der Waals surface area contributed by atoms with Crippen LogP contribution in [0.25, 0.3) is 0 Å². The summed E-state index contributed by atoms with van der Waals surface area (Å²) >= 11 is -0.0956. The SMILES string of the molecule is CCN(C(C)C)C(CN)c1ccc(SC(F)(F)F)cc1. The van der Waals surface area contributed by atoms with Crippen LogP contribution in [0.5, 0.6) is 0 Å². The topological polar surface area (TPSA) is 29.3 Å². The molecule has 1 rings (SSSR count). The first-order valence-electron chi connectivity index (χ1n) is 6.60. The number of nitrogens with two attached hydrogens (primary N) is 1. The summed E-state index contributed by atoms with van der Waals surface area (Å²) in [6, 6.07) is 6.84. The Bertz CT molecular complexity index is 404. The van der Waals surface area contributed by atoms with Gasteiger partial charge in [-0.15, -0.1) is 0 Å². The first-order chi connectivity index (χ1) is 9.28. The van der Waals surface area contributed by atoms with Gasteiger partial charge in [-0.1, -0.05) is 19.1 Å². The van der Waals surface area contributed by atoms with Gasteiger partial charge in [-0.25, -0.2) is 0 Å². The lowest BCUT2D eigenvalue weighted by Gasteiger charge is -2.33. The van der Waals surface area contributed by atoms with Crippen LogP contribution in [0.15, 0.2) is 29.2 Å². The minimum absolute atomic E-state index is 0.0323. The van der Waals surface area contributed by atoms with Gasteiger partial charge in [-0.3, -0.25) is 4.90 Å². The minimum atomic E-state index is -4.25. The second-order valence-electron chi connectivity index (χ2n) is 4.79. The number of thioether (sulfide) groups is 1. The van der Waals surface area contributed by atoms with Gasteiger partial charge in [0, 0.05) is 23.5 Å². The van der Waals surface area contributed by atoms with E-state index in [0.717, 1.165) is 12.1 Å². The molecule has 0 radical (unpaired) electrons. The average molecular weight is 306 g/mol. The Balaban J connectivity index is 2.89. The molecular weight excluding hydrogens is 285 g/mol. The van der Waals surface area contributed by atoms with E-state index in [-0.39, 0.29) is 22.7 Å². The molecule has 1 aromatic carbocycles. The van der Waals surface area contributed by atoms with E-state index in [1.807, 2.05) is 0 Å². The van der Waals surface area contributed by atoms with Crippen LogP contribution in [-0.4, -0.2) is 29.5 Å². The molecule has 20 heavy (non-hydrogen) atoms. The Morgan fingerprint density at radius 3 is 2.10 bits per heavy atom. The Morgan fingerprint density at radius 2 is 1.75 bits per heavy atom. The van der Waals surface area contributed by atoms with E-state index in [1.54, 1.807) is 12.1 Å². The molecule has 1 aromatic rings. The monoisotopic (exact) mass is 306 g/mol. The van der Waals surface area contributed by atoms with Crippen molar-refractivity contribution in [1.29, 1.82) is 0 Å². The fourth-order valence-corrected chi connectivity index (χ4v) is 2.84. The number of hydrogen-bond donors (Lipinski definition) is 1. The lowest BCUT2D eigenvalue weighted by Crippen LogP contribution is -2.38. The van der Waals surface area contributed by atoms with Crippen LogP contribution in [-0.2, 0) is 0 Å². The Morgan fingerprint density at radius 1 is 1.20 bits per heavy atom. The van der Waals surface area contributed by atoms with Crippen LogP contribution in [0, 0.1) is 0 Å². The highest BCUT2D eigenvalue weighted by Gasteiger charge is 2.29. The highest BCUT2D eigenvalue weighted by molar-refractivity contribution is 8.00.